The second-order valence-corrected chi connectivity index (χ2v) is 8.75. The first-order valence-corrected chi connectivity index (χ1v) is 11.6. The van der Waals surface area contributed by atoms with Crippen molar-refractivity contribution in [1.82, 2.24) is 9.97 Å². The lowest BCUT2D eigenvalue weighted by Gasteiger charge is -2.33. The molecule has 1 aromatic carbocycles. The van der Waals surface area contributed by atoms with Gasteiger partial charge < -0.3 is 24.5 Å². The average Bonchev–Trinajstić information content (AvgIpc) is 2.80. The van der Waals surface area contributed by atoms with Gasteiger partial charge in [-0.2, -0.15) is 0 Å². The van der Waals surface area contributed by atoms with Gasteiger partial charge >= 0.3 is 0 Å². The highest BCUT2D eigenvalue weighted by Crippen LogP contribution is 2.47. The molecular weight excluding hydrogens is 430 g/mol. The highest BCUT2D eigenvalue weighted by Gasteiger charge is 2.38. The van der Waals surface area contributed by atoms with Crippen LogP contribution in [0.25, 0.3) is 0 Å². The Hall–Kier alpha value is -2.94. The molecule has 4 rings (SSSR count). The van der Waals surface area contributed by atoms with E-state index in [0.717, 1.165) is 30.7 Å². The fraction of sp³-hybridized carbons (Fsp3) is 0.435. The first-order valence-electron chi connectivity index (χ1n) is 10.6. The number of allylic oxidation sites excluding steroid dienone is 2. The predicted molar refractivity (Wildman–Crippen MR) is 123 cm³/mol. The number of benzene rings is 1. The number of carbonyl (C=O) groups is 1. The van der Waals surface area contributed by atoms with E-state index in [4.69, 9.17) is 14.2 Å². The minimum Gasteiger partial charge on any atom is -0.493 e. The number of hydrogen-bond donors (Lipinski definition) is 2. The van der Waals surface area contributed by atoms with Crippen LogP contribution in [0.5, 0.6) is 17.2 Å². The van der Waals surface area contributed by atoms with Crippen molar-refractivity contribution in [3.63, 3.8) is 0 Å². The van der Waals surface area contributed by atoms with Crippen molar-refractivity contribution in [3.8, 4) is 17.2 Å². The molecule has 1 atom stereocenters. The molecule has 0 amide bonds. The van der Waals surface area contributed by atoms with Gasteiger partial charge in [0, 0.05) is 29.4 Å². The second-order valence-electron chi connectivity index (χ2n) is 7.67. The number of Topliss-reactive ketones (excluding diaryl/α,β-unsaturated/α-hetero) is 1. The number of nitrogens with one attached hydrogen (secondary N) is 2. The average molecular weight is 458 g/mol. The topological polar surface area (TPSA) is 103 Å². The summed E-state index contributed by atoms with van der Waals surface area (Å²) in [6.07, 6.45) is 2.92. The zero-order valence-electron chi connectivity index (χ0n) is 18.7. The quantitative estimate of drug-likeness (QED) is 0.477. The Balaban J connectivity index is 1.95. The van der Waals surface area contributed by atoms with Crippen molar-refractivity contribution in [2.45, 2.75) is 43.7 Å². The molecule has 0 unspecified atom stereocenters. The number of rotatable bonds is 7. The first-order chi connectivity index (χ1) is 15.5. The van der Waals surface area contributed by atoms with Crippen LogP contribution in [0, 0.1) is 0 Å². The number of thioether (sulfide) groups is 1. The van der Waals surface area contributed by atoms with Gasteiger partial charge in [-0.25, -0.2) is 4.98 Å². The molecule has 32 heavy (non-hydrogen) atoms. The summed E-state index contributed by atoms with van der Waals surface area (Å²) in [7, 11) is 4.62. The number of aromatic amines is 1. The molecule has 1 aromatic heterocycles. The Bertz CT molecular complexity index is 1120. The van der Waals surface area contributed by atoms with Crippen molar-refractivity contribution >= 4 is 23.4 Å². The summed E-state index contributed by atoms with van der Waals surface area (Å²) < 4.78 is 16.5. The largest absolute Gasteiger partial charge is 0.493 e. The van der Waals surface area contributed by atoms with Crippen molar-refractivity contribution in [3.05, 3.63) is 44.9 Å². The number of fused-ring (bicyclic) bond motifs is 1. The molecule has 0 saturated carbocycles. The van der Waals surface area contributed by atoms with E-state index in [1.807, 2.05) is 0 Å². The fourth-order valence-electron chi connectivity index (χ4n) is 4.31. The van der Waals surface area contributed by atoms with Gasteiger partial charge in [-0.05, 0) is 37.0 Å². The zero-order valence-corrected chi connectivity index (χ0v) is 19.5. The van der Waals surface area contributed by atoms with E-state index in [1.165, 1.54) is 18.9 Å². The highest BCUT2D eigenvalue weighted by molar-refractivity contribution is 7.99. The maximum Gasteiger partial charge on any atom is 0.257 e. The lowest BCUT2D eigenvalue weighted by molar-refractivity contribution is -0.116. The number of nitrogens with zero attached hydrogens (tertiary/aromatic N) is 1. The molecule has 0 radical (unpaired) electrons. The Morgan fingerprint density at radius 3 is 2.44 bits per heavy atom. The maximum atomic E-state index is 13.3. The third-order valence-electron chi connectivity index (χ3n) is 5.70. The van der Waals surface area contributed by atoms with Crippen molar-refractivity contribution in [2.24, 2.45) is 0 Å². The number of methoxy groups -OCH3 is 3. The monoisotopic (exact) mass is 457 g/mol. The van der Waals surface area contributed by atoms with E-state index in [2.05, 4.69) is 22.2 Å². The molecule has 170 valence electrons. The van der Waals surface area contributed by atoms with Gasteiger partial charge in [-0.3, -0.25) is 9.59 Å². The molecule has 2 heterocycles. The Labute approximate surface area is 190 Å². The van der Waals surface area contributed by atoms with Crippen LogP contribution in [-0.2, 0) is 4.79 Å². The number of H-pyrrole nitrogens is 1. The van der Waals surface area contributed by atoms with Crippen LogP contribution in [-0.4, -0.2) is 42.8 Å². The first kappa shape index (κ1) is 22.3. The third kappa shape index (κ3) is 3.85. The summed E-state index contributed by atoms with van der Waals surface area (Å²) in [5.41, 5.74) is 2.32. The Morgan fingerprint density at radius 2 is 1.81 bits per heavy atom. The maximum absolute atomic E-state index is 13.3. The van der Waals surface area contributed by atoms with Gasteiger partial charge in [-0.1, -0.05) is 18.7 Å². The van der Waals surface area contributed by atoms with E-state index >= 15 is 0 Å². The van der Waals surface area contributed by atoms with Crippen LogP contribution in [0.15, 0.2) is 33.4 Å². The van der Waals surface area contributed by atoms with Crippen molar-refractivity contribution in [2.75, 3.05) is 32.4 Å². The van der Waals surface area contributed by atoms with Crippen molar-refractivity contribution < 1.29 is 19.0 Å². The van der Waals surface area contributed by atoms with Gasteiger partial charge in [0.2, 0.25) is 5.75 Å². The second kappa shape index (κ2) is 9.28. The van der Waals surface area contributed by atoms with Crippen LogP contribution in [0.4, 0.5) is 5.82 Å². The summed E-state index contributed by atoms with van der Waals surface area (Å²) >= 11 is 1.51. The number of ketones is 1. The molecule has 2 N–H and O–H groups in total. The summed E-state index contributed by atoms with van der Waals surface area (Å²) in [6.45, 7) is 2.08. The number of carbonyl (C=O) groups excluding carboxylic acids is 1. The highest BCUT2D eigenvalue weighted by atomic mass is 32.2. The van der Waals surface area contributed by atoms with Crippen LogP contribution < -0.4 is 25.1 Å². The SMILES string of the molecule is CCCSc1nc2c(c(=O)[nH]1)[C@H](c1cc(OC)c(OC)c(OC)c1)C1=C(CCCC1=O)N2. The normalized spacial score (nSPS) is 17.4. The van der Waals surface area contributed by atoms with Crippen molar-refractivity contribution in [1.29, 1.82) is 0 Å². The number of ether oxygens (including phenoxy) is 3. The summed E-state index contributed by atoms with van der Waals surface area (Å²) in [4.78, 5) is 33.9. The molecule has 0 bridgehead atoms. The minimum absolute atomic E-state index is 0.0342. The number of hydrogen-bond acceptors (Lipinski definition) is 8. The zero-order chi connectivity index (χ0) is 22.8. The lowest BCUT2D eigenvalue weighted by atomic mass is 9.76. The molecule has 1 aliphatic heterocycles. The predicted octanol–water partition coefficient (Wildman–Crippen LogP) is 3.86. The molecule has 2 aromatic rings. The molecule has 2 aliphatic rings. The molecular formula is C23H27N3O5S. The lowest BCUT2D eigenvalue weighted by Crippen LogP contribution is -2.32. The van der Waals surface area contributed by atoms with Gasteiger partial charge in [0.15, 0.2) is 22.4 Å². The number of anilines is 1. The van der Waals surface area contributed by atoms with Gasteiger partial charge in [0.1, 0.15) is 5.82 Å². The van der Waals surface area contributed by atoms with Crippen LogP contribution >= 0.6 is 11.8 Å². The summed E-state index contributed by atoms with van der Waals surface area (Å²) in [5, 5.41) is 3.86. The van der Waals surface area contributed by atoms with Gasteiger partial charge in [0.25, 0.3) is 5.56 Å². The van der Waals surface area contributed by atoms with E-state index in [0.29, 0.717) is 51.3 Å². The van der Waals surface area contributed by atoms with Gasteiger partial charge in [0.05, 0.1) is 26.9 Å². The molecule has 9 heteroatoms. The Kier molecular flexibility index (Phi) is 6.45. The van der Waals surface area contributed by atoms with Gasteiger partial charge in [-0.15, -0.1) is 0 Å². The number of aromatic nitrogens is 2. The minimum atomic E-state index is -0.579. The molecule has 1 aliphatic carbocycles. The molecule has 0 fully saturated rings. The van der Waals surface area contributed by atoms with E-state index in [-0.39, 0.29) is 11.3 Å². The smallest absolute Gasteiger partial charge is 0.257 e. The van der Waals surface area contributed by atoms with Crippen LogP contribution in [0.3, 0.4) is 0 Å². The van der Waals surface area contributed by atoms with Crippen LogP contribution in [0.1, 0.15) is 49.7 Å². The van der Waals surface area contributed by atoms with E-state index in [9.17, 15) is 9.59 Å². The van der Waals surface area contributed by atoms with Crippen LogP contribution in [0.2, 0.25) is 0 Å². The third-order valence-corrected chi connectivity index (χ3v) is 6.78. The molecule has 0 spiro atoms. The Morgan fingerprint density at radius 1 is 1.09 bits per heavy atom. The van der Waals surface area contributed by atoms with E-state index in [1.54, 1.807) is 26.4 Å². The summed E-state index contributed by atoms with van der Waals surface area (Å²) in [6, 6.07) is 3.60. The fourth-order valence-corrected chi connectivity index (χ4v) is 5.03. The standard InChI is InChI=1S/C23H27N3O5S/c1-5-9-32-23-25-21-19(22(28)26-23)17(18-13(24-21)7-6-8-14(18)27)12-10-15(29-2)20(31-4)16(11-12)30-3/h10-11,17H,5-9H2,1-4H3,(H2,24,25,26,28)/t17-/m1/s1. The summed E-state index contributed by atoms with van der Waals surface area (Å²) in [5.74, 6) is 2.19. The molecule has 8 nitrogen and oxygen atoms in total. The van der Waals surface area contributed by atoms with E-state index < -0.39 is 5.92 Å². The molecule has 0 saturated heterocycles.